The number of phenolic OH excluding ortho intramolecular Hbond substituents is 2. The molecule has 70 valence electrons. The fourth-order valence-electron chi connectivity index (χ4n) is 1.32. The molecule has 13 heavy (non-hydrogen) atoms. The molecule has 0 unspecified atom stereocenters. The van der Waals surface area contributed by atoms with Gasteiger partial charge in [-0.25, -0.2) is 0 Å². The number of benzene rings is 1. The van der Waals surface area contributed by atoms with Gasteiger partial charge in [-0.3, -0.25) is 4.99 Å². The number of nitrogens with zero attached hydrogens (tertiary/aromatic N) is 1. The molecule has 0 saturated carbocycles. The van der Waals surface area contributed by atoms with Crippen LogP contribution < -0.4 is 0 Å². The lowest BCUT2D eigenvalue weighted by atomic mass is 10.0. The number of aromatic hydroxyl groups is 2. The summed E-state index contributed by atoms with van der Waals surface area (Å²) in [6, 6.07) is 3.13. The fourth-order valence-corrected chi connectivity index (χ4v) is 1.32. The molecule has 2 rings (SSSR count). The average molecular weight is 200 g/mol. The maximum atomic E-state index is 9.18. The minimum Gasteiger partial charge on any atom is -0.504 e. The van der Waals surface area contributed by atoms with E-state index < -0.39 is 0 Å². The van der Waals surface area contributed by atoms with Crippen molar-refractivity contribution in [3.63, 3.8) is 0 Å². The Hall–Kier alpha value is -1.22. The van der Waals surface area contributed by atoms with E-state index in [0.29, 0.717) is 0 Å². The maximum absolute atomic E-state index is 9.18. The number of halogens is 1. The van der Waals surface area contributed by atoms with Crippen LogP contribution in [-0.2, 0) is 6.42 Å². The molecule has 1 aromatic rings. The van der Waals surface area contributed by atoms with E-state index >= 15 is 0 Å². The Labute approximate surface area is 82.2 Å². The monoisotopic (exact) mass is 199 g/mol. The Balaban J connectivity index is 0.000000845. The molecule has 0 bridgehead atoms. The molecule has 1 aliphatic rings. The van der Waals surface area contributed by atoms with Gasteiger partial charge in [-0.15, -0.1) is 12.4 Å². The zero-order valence-electron chi connectivity index (χ0n) is 6.90. The van der Waals surface area contributed by atoms with Crippen molar-refractivity contribution in [3.8, 4) is 11.5 Å². The van der Waals surface area contributed by atoms with E-state index in [1.54, 1.807) is 12.3 Å². The highest BCUT2D eigenvalue weighted by molar-refractivity contribution is 5.85. The summed E-state index contributed by atoms with van der Waals surface area (Å²) >= 11 is 0. The van der Waals surface area contributed by atoms with Gasteiger partial charge in [0.2, 0.25) is 0 Å². The molecule has 2 N–H and O–H groups in total. The van der Waals surface area contributed by atoms with Crippen molar-refractivity contribution in [1.82, 2.24) is 0 Å². The third kappa shape index (κ3) is 1.75. The molecule has 0 saturated heterocycles. The van der Waals surface area contributed by atoms with Gasteiger partial charge in [0.15, 0.2) is 11.5 Å². The van der Waals surface area contributed by atoms with Gasteiger partial charge in [-0.05, 0) is 29.7 Å². The third-order valence-electron chi connectivity index (χ3n) is 1.98. The first-order valence-electron chi connectivity index (χ1n) is 3.82. The van der Waals surface area contributed by atoms with E-state index in [-0.39, 0.29) is 23.9 Å². The van der Waals surface area contributed by atoms with Crippen LogP contribution in [-0.4, -0.2) is 23.0 Å². The highest BCUT2D eigenvalue weighted by Gasteiger charge is 2.09. The van der Waals surface area contributed by atoms with Crippen molar-refractivity contribution in [2.45, 2.75) is 6.42 Å². The van der Waals surface area contributed by atoms with Crippen molar-refractivity contribution in [3.05, 3.63) is 23.3 Å². The standard InChI is InChI=1S/C9H9NO2.ClH/c11-8-3-6-1-2-10-5-7(6)4-9(8)12;/h3-5,11-12H,1-2H2;1H. The van der Waals surface area contributed by atoms with Crippen molar-refractivity contribution in [2.75, 3.05) is 6.54 Å². The highest BCUT2D eigenvalue weighted by atomic mass is 35.5. The molecular formula is C9H10ClNO2. The predicted octanol–water partition coefficient (Wildman–Crippen LogP) is 1.49. The van der Waals surface area contributed by atoms with Gasteiger partial charge in [-0.2, -0.15) is 0 Å². The second kappa shape index (κ2) is 3.66. The first-order chi connectivity index (χ1) is 5.77. The molecule has 0 amide bonds. The first kappa shape index (κ1) is 9.86. The molecule has 1 heterocycles. The third-order valence-corrected chi connectivity index (χ3v) is 1.98. The number of hydrogen-bond acceptors (Lipinski definition) is 3. The number of phenols is 2. The van der Waals surface area contributed by atoms with Gasteiger partial charge in [-0.1, -0.05) is 0 Å². The maximum Gasteiger partial charge on any atom is 0.158 e. The number of rotatable bonds is 0. The fraction of sp³-hybridized carbons (Fsp3) is 0.222. The smallest absolute Gasteiger partial charge is 0.158 e. The van der Waals surface area contributed by atoms with Crippen molar-refractivity contribution in [2.24, 2.45) is 4.99 Å². The van der Waals surface area contributed by atoms with Crippen LogP contribution >= 0.6 is 12.4 Å². The molecule has 3 nitrogen and oxygen atoms in total. The molecule has 1 aliphatic heterocycles. The van der Waals surface area contributed by atoms with Crippen LogP contribution in [0.1, 0.15) is 11.1 Å². The molecule has 0 spiro atoms. The summed E-state index contributed by atoms with van der Waals surface area (Å²) in [5.74, 6) is -0.133. The average Bonchev–Trinajstić information content (AvgIpc) is 2.07. The van der Waals surface area contributed by atoms with Crippen LogP contribution in [0, 0.1) is 0 Å². The van der Waals surface area contributed by atoms with Crippen molar-refractivity contribution in [1.29, 1.82) is 0 Å². The summed E-state index contributed by atoms with van der Waals surface area (Å²) in [6.45, 7) is 0.761. The Morgan fingerprint density at radius 3 is 2.62 bits per heavy atom. The first-order valence-corrected chi connectivity index (χ1v) is 3.82. The summed E-state index contributed by atoms with van der Waals surface area (Å²) in [6.07, 6.45) is 2.55. The summed E-state index contributed by atoms with van der Waals surface area (Å²) < 4.78 is 0. The largest absolute Gasteiger partial charge is 0.504 e. The van der Waals surface area contributed by atoms with Gasteiger partial charge < -0.3 is 10.2 Å². The zero-order valence-corrected chi connectivity index (χ0v) is 7.71. The van der Waals surface area contributed by atoms with Crippen LogP contribution in [0.3, 0.4) is 0 Å². The summed E-state index contributed by atoms with van der Waals surface area (Å²) in [5, 5.41) is 18.3. The Kier molecular flexibility index (Phi) is 2.78. The molecule has 4 heteroatoms. The number of fused-ring (bicyclic) bond motifs is 1. The summed E-state index contributed by atoms with van der Waals surface area (Å²) in [7, 11) is 0. The normalized spacial score (nSPS) is 13.2. The van der Waals surface area contributed by atoms with E-state index in [4.69, 9.17) is 5.11 Å². The van der Waals surface area contributed by atoms with E-state index in [0.717, 1.165) is 24.1 Å². The molecule has 1 aromatic carbocycles. The van der Waals surface area contributed by atoms with Gasteiger partial charge >= 0.3 is 0 Å². The zero-order chi connectivity index (χ0) is 8.55. The summed E-state index contributed by atoms with van der Waals surface area (Å²) in [4.78, 5) is 4.07. The Morgan fingerprint density at radius 1 is 1.15 bits per heavy atom. The van der Waals surface area contributed by atoms with E-state index in [2.05, 4.69) is 4.99 Å². The lowest BCUT2D eigenvalue weighted by Crippen LogP contribution is -2.02. The van der Waals surface area contributed by atoms with Gasteiger partial charge in [0.25, 0.3) is 0 Å². The van der Waals surface area contributed by atoms with Crippen LogP contribution in [0.5, 0.6) is 11.5 Å². The van der Waals surface area contributed by atoms with Crippen molar-refractivity contribution >= 4 is 18.6 Å². The molecular weight excluding hydrogens is 190 g/mol. The lowest BCUT2D eigenvalue weighted by molar-refractivity contribution is 0.403. The molecule has 0 aliphatic carbocycles. The molecule has 0 atom stereocenters. The Morgan fingerprint density at radius 2 is 1.85 bits per heavy atom. The van der Waals surface area contributed by atoms with Crippen LogP contribution in [0.25, 0.3) is 0 Å². The number of aliphatic imine (C=N–C) groups is 1. The van der Waals surface area contributed by atoms with Gasteiger partial charge in [0.05, 0.1) is 0 Å². The van der Waals surface area contributed by atoms with Gasteiger partial charge in [0, 0.05) is 12.8 Å². The molecule has 0 fully saturated rings. The van der Waals surface area contributed by atoms with E-state index in [1.807, 2.05) is 0 Å². The van der Waals surface area contributed by atoms with E-state index in [9.17, 15) is 5.11 Å². The predicted molar refractivity (Wildman–Crippen MR) is 53.2 cm³/mol. The lowest BCUT2D eigenvalue weighted by Gasteiger charge is -2.10. The van der Waals surface area contributed by atoms with Crippen LogP contribution in [0.4, 0.5) is 0 Å². The molecule has 0 radical (unpaired) electrons. The highest BCUT2D eigenvalue weighted by Crippen LogP contribution is 2.28. The van der Waals surface area contributed by atoms with Gasteiger partial charge in [0.1, 0.15) is 0 Å². The molecule has 0 aromatic heterocycles. The SMILES string of the molecule is Cl.Oc1cc2c(cc1O)CCN=C2. The minimum atomic E-state index is -0.0814. The minimum absolute atomic E-state index is 0. The Bertz CT molecular complexity index is 350. The van der Waals surface area contributed by atoms with Crippen molar-refractivity contribution < 1.29 is 10.2 Å². The van der Waals surface area contributed by atoms with E-state index in [1.165, 1.54) is 6.07 Å². The summed E-state index contributed by atoms with van der Waals surface area (Å²) in [5.41, 5.74) is 1.94. The van der Waals surface area contributed by atoms with Crippen LogP contribution in [0.15, 0.2) is 17.1 Å². The van der Waals surface area contributed by atoms with Crippen LogP contribution in [0.2, 0.25) is 0 Å². The second-order valence-electron chi connectivity index (χ2n) is 2.83. The second-order valence-corrected chi connectivity index (χ2v) is 2.83. The topological polar surface area (TPSA) is 52.8 Å². The number of hydrogen-bond donors (Lipinski definition) is 2. The quantitative estimate of drug-likeness (QED) is 0.622.